The fourth-order valence-electron chi connectivity index (χ4n) is 3.58. The molecule has 1 unspecified atom stereocenters. The highest BCUT2D eigenvalue weighted by Gasteiger charge is 2.48. The van der Waals surface area contributed by atoms with Crippen molar-refractivity contribution in [1.82, 2.24) is 25.7 Å². The molecule has 9 heteroatoms. The second kappa shape index (κ2) is 9.47. The molecule has 4 amide bonds. The second-order valence-corrected chi connectivity index (χ2v) is 8.56. The Morgan fingerprint density at radius 3 is 2.39 bits per heavy atom. The summed E-state index contributed by atoms with van der Waals surface area (Å²) in [7, 11) is 0. The normalized spacial score (nSPS) is 18.3. The number of hydrogen-bond donors (Lipinski definition) is 2. The molecule has 0 bridgehead atoms. The van der Waals surface area contributed by atoms with E-state index in [4.69, 9.17) is 0 Å². The number of nitrogens with one attached hydrogen (secondary N) is 2. The summed E-state index contributed by atoms with van der Waals surface area (Å²) in [6.07, 6.45) is 3.52. The third-order valence-electron chi connectivity index (χ3n) is 5.44. The van der Waals surface area contributed by atoms with Gasteiger partial charge in [-0.1, -0.05) is 42.1 Å². The van der Waals surface area contributed by atoms with Crippen molar-refractivity contribution in [3.8, 4) is 0 Å². The molecule has 2 N–H and O–H groups in total. The van der Waals surface area contributed by atoms with Gasteiger partial charge in [0.25, 0.3) is 5.91 Å². The van der Waals surface area contributed by atoms with E-state index in [1.54, 1.807) is 6.92 Å². The van der Waals surface area contributed by atoms with Crippen molar-refractivity contribution in [2.75, 3.05) is 6.26 Å². The minimum Gasteiger partial charge on any atom is -0.322 e. The summed E-state index contributed by atoms with van der Waals surface area (Å²) in [5.41, 5.74) is 5.02. The van der Waals surface area contributed by atoms with Crippen LogP contribution in [0.25, 0.3) is 0 Å². The molecule has 1 aliphatic rings. The number of aromatic nitrogens is 2. The van der Waals surface area contributed by atoms with Crippen LogP contribution in [0.1, 0.15) is 42.3 Å². The molecule has 8 nitrogen and oxygen atoms in total. The lowest BCUT2D eigenvalue weighted by molar-refractivity contribution is -0.138. The maximum atomic E-state index is 12.9. The number of hydrogen-bond acceptors (Lipinski definition) is 6. The Morgan fingerprint density at radius 1 is 1.13 bits per heavy atom. The molecule has 31 heavy (non-hydrogen) atoms. The summed E-state index contributed by atoms with van der Waals surface area (Å²) in [5, 5.41) is 4.19. The van der Waals surface area contributed by atoms with E-state index in [-0.39, 0.29) is 6.42 Å². The smallest absolute Gasteiger partial charge is 0.322 e. The summed E-state index contributed by atoms with van der Waals surface area (Å²) in [5.74, 6) is -0.870. The number of amides is 4. The average molecular weight is 442 g/mol. The van der Waals surface area contributed by atoms with Crippen LogP contribution in [0.15, 0.2) is 35.5 Å². The number of urea groups is 1. The number of hydrazine groups is 1. The molecule has 0 radical (unpaired) electrons. The third-order valence-corrected chi connectivity index (χ3v) is 5.99. The minimum absolute atomic E-state index is 0.113. The molecule has 0 saturated carbocycles. The number of carbonyl (C=O) groups excluding carboxylic acids is 3. The predicted octanol–water partition coefficient (Wildman–Crippen LogP) is 2.72. The first-order chi connectivity index (χ1) is 14.7. The quantitative estimate of drug-likeness (QED) is 0.371. The van der Waals surface area contributed by atoms with Crippen molar-refractivity contribution in [3.05, 3.63) is 52.8 Å². The Bertz CT molecular complexity index is 975. The van der Waals surface area contributed by atoms with Crippen LogP contribution in [-0.2, 0) is 22.4 Å². The summed E-state index contributed by atoms with van der Waals surface area (Å²) in [6.45, 7) is 5.45. The number of carbonyl (C=O) groups is 3. The molecule has 1 saturated heterocycles. The topological polar surface area (TPSA) is 104 Å². The van der Waals surface area contributed by atoms with Crippen LogP contribution >= 0.6 is 11.8 Å². The first-order valence-corrected chi connectivity index (χ1v) is 11.3. The lowest BCUT2D eigenvalue weighted by atomic mass is 9.93. The van der Waals surface area contributed by atoms with Gasteiger partial charge in [-0.3, -0.25) is 15.0 Å². The van der Waals surface area contributed by atoms with E-state index in [1.165, 1.54) is 11.8 Å². The number of nitrogens with zero attached hydrogens (tertiary/aromatic N) is 3. The van der Waals surface area contributed by atoms with Gasteiger partial charge in [-0.25, -0.2) is 14.8 Å². The van der Waals surface area contributed by atoms with E-state index in [2.05, 4.69) is 20.7 Å². The number of thioether (sulfide) groups is 1. The van der Waals surface area contributed by atoms with Gasteiger partial charge in [0.15, 0.2) is 5.16 Å². The van der Waals surface area contributed by atoms with Gasteiger partial charge in [-0.2, -0.15) is 5.01 Å². The van der Waals surface area contributed by atoms with E-state index >= 15 is 0 Å². The lowest BCUT2D eigenvalue weighted by Gasteiger charge is -2.21. The molecule has 1 aliphatic heterocycles. The number of benzene rings is 1. The third kappa shape index (κ3) is 5.22. The first kappa shape index (κ1) is 22.7. The van der Waals surface area contributed by atoms with Crippen LogP contribution in [0.2, 0.25) is 0 Å². The maximum Gasteiger partial charge on any atom is 0.344 e. The molecule has 1 fully saturated rings. The molecule has 2 heterocycles. The first-order valence-electron chi connectivity index (χ1n) is 10.1. The van der Waals surface area contributed by atoms with Gasteiger partial charge in [-0.05, 0) is 57.4 Å². The highest BCUT2D eigenvalue weighted by Crippen LogP contribution is 2.22. The molecule has 1 aromatic heterocycles. The van der Waals surface area contributed by atoms with Crippen LogP contribution in [0.5, 0.6) is 0 Å². The van der Waals surface area contributed by atoms with Crippen LogP contribution in [0, 0.1) is 13.8 Å². The fraction of sp³-hybridized carbons (Fsp3) is 0.409. The Labute approximate surface area is 186 Å². The SMILES string of the molecule is CSc1nc(C)c(CCC(=O)NN2C(=O)NC(C)(CCc3ccccc3)C2=O)c(C)n1. The van der Waals surface area contributed by atoms with Crippen molar-refractivity contribution in [2.24, 2.45) is 0 Å². The minimum atomic E-state index is -1.06. The maximum absolute atomic E-state index is 12.9. The molecular formula is C22H27N5O3S. The van der Waals surface area contributed by atoms with Gasteiger partial charge >= 0.3 is 6.03 Å². The Hall–Kier alpha value is -2.94. The zero-order valence-electron chi connectivity index (χ0n) is 18.2. The molecule has 0 spiro atoms. The van der Waals surface area contributed by atoms with Crippen molar-refractivity contribution in [1.29, 1.82) is 0 Å². The van der Waals surface area contributed by atoms with Crippen LogP contribution in [0.3, 0.4) is 0 Å². The summed E-state index contributed by atoms with van der Waals surface area (Å²) < 4.78 is 0. The molecular weight excluding hydrogens is 414 g/mol. The van der Waals surface area contributed by atoms with E-state index in [0.29, 0.717) is 24.4 Å². The molecule has 164 valence electrons. The molecule has 2 aromatic rings. The van der Waals surface area contributed by atoms with Gasteiger partial charge in [0.2, 0.25) is 5.91 Å². The van der Waals surface area contributed by atoms with Gasteiger partial charge in [0.05, 0.1) is 0 Å². The van der Waals surface area contributed by atoms with Crippen molar-refractivity contribution >= 4 is 29.6 Å². The largest absolute Gasteiger partial charge is 0.344 e. The van der Waals surface area contributed by atoms with Gasteiger partial charge in [-0.15, -0.1) is 0 Å². The predicted molar refractivity (Wildman–Crippen MR) is 118 cm³/mol. The summed E-state index contributed by atoms with van der Waals surface area (Å²) in [6, 6.07) is 9.13. The van der Waals surface area contributed by atoms with Gasteiger partial charge in [0, 0.05) is 17.8 Å². The lowest BCUT2D eigenvalue weighted by Crippen LogP contribution is -2.49. The van der Waals surface area contributed by atoms with Crippen molar-refractivity contribution in [3.63, 3.8) is 0 Å². The van der Waals surface area contributed by atoms with E-state index < -0.39 is 23.4 Å². The van der Waals surface area contributed by atoms with Gasteiger partial charge < -0.3 is 5.32 Å². The monoisotopic (exact) mass is 441 g/mol. The highest BCUT2D eigenvalue weighted by atomic mass is 32.2. The van der Waals surface area contributed by atoms with Crippen molar-refractivity contribution in [2.45, 2.75) is 57.1 Å². The van der Waals surface area contributed by atoms with Crippen LogP contribution in [-0.4, -0.2) is 44.6 Å². The van der Waals surface area contributed by atoms with Crippen molar-refractivity contribution < 1.29 is 14.4 Å². The van der Waals surface area contributed by atoms with Crippen LogP contribution in [0.4, 0.5) is 4.79 Å². The zero-order chi connectivity index (χ0) is 22.6. The molecule has 1 aromatic carbocycles. The Morgan fingerprint density at radius 2 is 1.77 bits per heavy atom. The standard InChI is InChI=1S/C22H27N5O3S/c1-14-17(15(2)24-20(23-14)31-4)10-11-18(28)26-27-19(29)22(3,25-21(27)30)13-12-16-8-6-5-7-9-16/h5-9H,10-13H2,1-4H3,(H,25,30)(H,26,28). The molecule has 3 rings (SSSR count). The highest BCUT2D eigenvalue weighted by molar-refractivity contribution is 7.98. The fourth-order valence-corrected chi connectivity index (χ4v) is 4.03. The second-order valence-electron chi connectivity index (χ2n) is 7.78. The number of imide groups is 1. The average Bonchev–Trinajstić information content (AvgIpc) is 2.95. The van der Waals surface area contributed by atoms with Crippen LogP contribution < -0.4 is 10.7 Å². The van der Waals surface area contributed by atoms with E-state index in [1.807, 2.05) is 50.4 Å². The number of rotatable bonds is 8. The summed E-state index contributed by atoms with van der Waals surface area (Å²) >= 11 is 1.46. The summed E-state index contributed by atoms with van der Waals surface area (Å²) in [4.78, 5) is 46.5. The Kier molecular flexibility index (Phi) is 6.94. The zero-order valence-corrected chi connectivity index (χ0v) is 19.0. The van der Waals surface area contributed by atoms with E-state index in [0.717, 1.165) is 27.5 Å². The Balaban J connectivity index is 1.59. The molecule has 0 aliphatic carbocycles. The number of aryl methyl sites for hydroxylation is 3. The molecule has 1 atom stereocenters. The van der Waals surface area contributed by atoms with Gasteiger partial charge in [0.1, 0.15) is 5.54 Å². The van der Waals surface area contributed by atoms with E-state index in [9.17, 15) is 14.4 Å².